The highest BCUT2D eigenvalue weighted by Crippen LogP contribution is 2.02. The van der Waals surface area contributed by atoms with E-state index in [2.05, 4.69) is 16.6 Å². The standard InChI is InChI=1S/C13H18N2O2/c1-5-13(3,4)15-10(2)12(16)14-9-11-7-6-8-17-11/h1,6-8,10,15H,9H2,2-4H3,(H,14,16). The van der Waals surface area contributed by atoms with Gasteiger partial charge in [-0.1, -0.05) is 5.92 Å². The van der Waals surface area contributed by atoms with Gasteiger partial charge in [0.05, 0.1) is 24.4 Å². The monoisotopic (exact) mass is 234 g/mol. The van der Waals surface area contributed by atoms with Crippen LogP contribution in [0.15, 0.2) is 22.8 Å². The van der Waals surface area contributed by atoms with E-state index < -0.39 is 5.54 Å². The zero-order valence-corrected chi connectivity index (χ0v) is 10.4. The summed E-state index contributed by atoms with van der Waals surface area (Å²) in [5.41, 5.74) is -0.499. The molecule has 0 saturated heterocycles. The molecule has 17 heavy (non-hydrogen) atoms. The van der Waals surface area contributed by atoms with E-state index in [9.17, 15) is 4.79 Å². The average Bonchev–Trinajstić information content (AvgIpc) is 2.78. The van der Waals surface area contributed by atoms with Crippen LogP contribution in [0.2, 0.25) is 0 Å². The zero-order chi connectivity index (χ0) is 12.9. The molecule has 1 aromatic rings. The number of terminal acetylenes is 1. The molecule has 1 heterocycles. The lowest BCUT2D eigenvalue weighted by Crippen LogP contribution is -2.50. The van der Waals surface area contributed by atoms with Gasteiger partial charge in [0.15, 0.2) is 0 Å². The minimum Gasteiger partial charge on any atom is -0.467 e. The Balaban J connectivity index is 2.40. The van der Waals surface area contributed by atoms with Gasteiger partial charge in [-0.3, -0.25) is 10.1 Å². The molecule has 0 bridgehead atoms. The molecule has 1 unspecified atom stereocenters. The molecule has 1 aromatic heterocycles. The van der Waals surface area contributed by atoms with E-state index in [0.29, 0.717) is 6.54 Å². The summed E-state index contributed by atoms with van der Waals surface area (Å²) in [5.74, 6) is 3.20. The van der Waals surface area contributed by atoms with Crippen molar-refractivity contribution in [1.82, 2.24) is 10.6 Å². The summed E-state index contributed by atoms with van der Waals surface area (Å²) >= 11 is 0. The van der Waals surface area contributed by atoms with Crippen molar-refractivity contribution < 1.29 is 9.21 Å². The molecule has 0 spiro atoms. The number of hydrogen-bond acceptors (Lipinski definition) is 3. The molecule has 0 aliphatic heterocycles. The van der Waals surface area contributed by atoms with Gasteiger partial charge in [-0.25, -0.2) is 0 Å². The molecule has 0 saturated carbocycles. The van der Waals surface area contributed by atoms with Crippen LogP contribution in [0.1, 0.15) is 26.5 Å². The maximum Gasteiger partial charge on any atom is 0.237 e. The number of carbonyl (C=O) groups is 1. The second kappa shape index (κ2) is 5.55. The highest BCUT2D eigenvalue weighted by molar-refractivity contribution is 5.81. The lowest BCUT2D eigenvalue weighted by Gasteiger charge is -2.24. The first-order chi connectivity index (χ1) is 7.94. The Morgan fingerprint density at radius 1 is 1.65 bits per heavy atom. The lowest BCUT2D eigenvalue weighted by atomic mass is 10.1. The van der Waals surface area contributed by atoms with Crippen molar-refractivity contribution >= 4 is 5.91 Å². The molecule has 0 aliphatic rings. The SMILES string of the molecule is C#CC(C)(C)NC(C)C(=O)NCc1ccco1. The summed E-state index contributed by atoms with van der Waals surface area (Å²) in [6.07, 6.45) is 6.92. The first-order valence-corrected chi connectivity index (χ1v) is 5.50. The van der Waals surface area contributed by atoms with Crippen LogP contribution in [-0.4, -0.2) is 17.5 Å². The van der Waals surface area contributed by atoms with Crippen molar-refractivity contribution in [3.05, 3.63) is 24.2 Å². The normalized spacial score (nSPS) is 12.8. The van der Waals surface area contributed by atoms with E-state index >= 15 is 0 Å². The summed E-state index contributed by atoms with van der Waals surface area (Å²) < 4.78 is 5.12. The Labute approximate surface area is 102 Å². The van der Waals surface area contributed by atoms with Gasteiger partial charge in [-0.15, -0.1) is 6.42 Å². The molecule has 1 amide bonds. The molecule has 0 aromatic carbocycles. The molecule has 2 N–H and O–H groups in total. The van der Waals surface area contributed by atoms with Gasteiger partial charge >= 0.3 is 0 Å². The molecule has 1 atom stereocenters. The summed E-state index contributed by atoms with van der Waals surface area (Å²) in [5, 5.41) is 5.82. The quantitative estimate of drug-likeness (QED) is 0.755. The maximum atomic E-state index is 11.7. The summed E-state index contributed by atoms with van der Waals surface area (Å²) in [4.78, 5) is 11.7. The van der Waals surface area contributed by atoms with Crippen molar-refractivity contribution in [2.24, 2.45) is 0 Å². The molecule has 92 valence electrons. The zero-order valence-electron chi connectivity index (χ0n) is 10.4. The Kier molecular flexibility index (Phi) is 4.36. The van der Waals surface area contributed by atoms with Crippen LogP contribution in [0.5, 0.6) is 0 Å². The van der Waals surface area contributed by atoms with Crippen molar-refractivity contribution in [3.8, 4) is 12.3 Å². The topological polar surface area (TPSA) is 54.3 Å². The summed E-state index contributed by atoms with van der Waals surface area (Å²) in [6.45, 7) is 5.86. The molecule has 0 aliphatic carbocycles. The van der Waals surface area contributed by atoms with Gasteiger partial charge in [0.1, 0.15) is 5.76 Å². The van der Waals surface area contributed by atoms with Gasteiger partial charge in [0, 0.05) is 0 Å². The second-order valence-corrected chi connectivity index (χ2v) is 4.43. The van der Waals surface area contributed by atoms with Crippen LogP contribution in [-0.2, 0) is 11.3 Å². The highest BCUT2D eigenvalue weighted by atomic mass is 16.3. The first kappa shape index (κ1) is 13.3. The maximum absolute atomic E-state index is 11.7. The Bertz CT molecular complexity index is 402. The van der Waals surface area contributed by atoms with E-state index in [1.807, 2.05) is 19.9 Å². The predicted octanol–water partition coefficient (Wildman–Crippen LogP) is 1.29. The van der Waals surface area contributed by atoms with Crippen molar-refractivity contribution in [2.75, 3.05) is 0 Å². The number of amides is 1. The summed E-state index contributed by atoms with van der Waals surface area (Å²) in [7, 11) is 0. The molecular formula is C13H18N2O2. The Morgan fingerprint density at radius 2 is 2.35 bits per heavy atom. The minimum absolute atomic E-state index is 0.107. The van der Waals surface area contributed by atoms with Crippen LogP contribution in [0.4, 0.5) is 0 Å². The van der Waals surface area contributed by atoms with E-state index in [-0.39, 0.29) is 11.9 Å². The van der Waals surface area contributed by atoms with Gasteiger partial charge in [0.25, 0.3) is 0 Å². The number of carbonyl (C=O) groups excluding carboxylic acids is 1. The third-order valence-corrected chi connectivity index (χ3v) is 2.35. The highest BCUT2D eigenvalue weighted by Gasteiger charge is 2.21. The average molecular weight is 234 g/mol. The lowest BCUT2D eigenvalue weighted by molar-refractivity contribution is -0.123. The fraction of sp³-hybridized carbons (Fsp3) is 0.462. The Hall–Kier alpha value is -1.73. The summed E-state index contributed by atoms with van der Waals surface area (Å²) in [6, 6.07) is 3.24. The molecular weight excluding hydrogens is 216 g/mol. The smallest absolute Gasteiger partial charge is 0.237 e. The van der Waals surface area contributed by atoms with E-state index in [1.165, 1.54) is 0 Å². The molecule has 0 radical (unpaired) electrons. The minimum atomic E-state index is -0.499. The van der Waals surface area contributed by atoms with Crippen molar-refractivity contribution in [1.29, 1.82) is 0 Å². The number of furan rings is 1. The van der Waals surface area contributed by atoms with Crippen LogP contribution in [0.3, 0.4) is 0 Å². The van der Waals surface area contributed by atoms with Gasteiger partial charge in [-0.05, 0) is 32.9 Å². The second-order valence-electron chi connectivity index (χ2n) is 4.43. The fourth-order valence-electron chi connectivity index (χ4n) is 1.39. The van der Waals surface area contributed by atoms with Crippen molar-refractivity contribution in [3.63, 3.8) is 0 Å². The van der Waals surface area contributed by atoms with Crippen LogP contribution < -0.4 is 10.6 Å². The van der Waals surface area contributed by atoms with E-state index in [1.54, 1.807) is 19.3 Å². The van der Waals surface area contributed by atoms with Crippen LogP contribution >= 0.6 is 0 Å². The molecule has 4 nitrogen and oxygen atoms in total. The largest absolute Gasteiger partial charge is 0.467 e. The fourth-order valence-corrected chi connectivity index (χ4v) is 1.39. The molecule has 1 rings (SSSR count). The number of hydrogen-bond donors (Lipinski definition) is 2. The van der Waals surface area contributed by atoms with E-state index in [0.717, 1.165) is 5.76 Å². The third kappa shape index (κ3) is 4.33. The molecule has 4 heteroatoms. The number of nitrogens with one attached hydrogen (secondary N) is 2. The molecule has 0 fully saturated rings. The first-order valence-electron chi connectivity index (χ1n) is 5.50. The van der Waals surface area contributed by atoms with E-state index in [4.69, 9.17) is 10.8 Å². The Morgan fingerprint density at radius 3 is 2.88 bits per heavy atom. The van der Waals surface area contributed by atoms with Crippen LogP contribution in [0, 0.1) is 12.3 Å². The van der Waals surface area contributed by atoms with Gasteiger partial charge < -0.3 is 9.73 Å². The van der Waals surface area contributed by atoms with Gasteiger partial charge in [0.2, 0.25) is 5.91 Å². The van der Waals surface area contributed by atoms with Crippen molar-refractivity contribution in [2.45, 2.75) is 38.9 Å². The number of rotatable bonds is 5. The third-order valence-electron chi connectivity index (χ3n) is 2.35. The predicted molar refractivity (Wildman–Crippen MR) is 66.1 cm³/mol. The van der Waals surface area contributed by atoms with Crippen LogP contribution in [0.25, 0.3) is 0 Å². The van der Waals surface area contributed by atoms with Gasteiger partial charge in [-0.2, -0.15) is 0 Å².